The van der Waals surface area contributed by atoms with Crippen LogP contribution in [0.15, 0.2) is 53.2 Å². The van der Waals surface area contributed by atoms with Crippen LogP contribution in [0.2, 0.25) is 0 Å². The van der Waals surface area contributed by atoms with Crippen LogP contribution < -0.4 is 0 Å². The number of nitro groups is 1. The van der Waals surface area contributed by atoms with Gasteiger partial charge >= 0.3 is 6.43 Å². The van der Waals surface area contributed by atoms with Crippen molar-refractivity contribution >= 4 is 5.69 Å². The van der Waals surface area contributed by atoms with E-state index in [1.807, 2.05) is 0 Å². The normalized spacial score (nSPS) is 11.1. The number of benzene rings is 1. The fourth-order valence-electron chi connectivity index (χ4n) is 2.54. The molecule has 12 heteroatoms. The minimum Gasteiger partial charge on any atom is -0.415 e. The van der Waals surface area contributed by atoms with Gasteiger partial charge in [0.2, 0.25) is 5.89 Å². The molecule has 4 rings (SSSR count). The Labute approximate surface area is 161 Å². The molecular weight excluding hydrogens is 388 g/mol. The Balaban J connectivity index is 1.49. The van der Waals surface area contributed by atoms with E-state index in [2.05, 4.69) is 25.5 Å². The van der Waals surface area contributed by atoms with Gasteiger partial charge in [0.05, 0.1) is 28.9 Å². The topological polar surface area (TPSA) is 126 Å². The van der Waals surface area contributed by atoms with Gasteiger partial charge < -0.3 is 4.42 Å². The van der Waals surface area contributed by atoms with Gasteiger partial charge in [-0.2, -0.15) is 8.78 Å². The van der Waals surface area contributed by atoms with E-state index in [1.165, 1.54) is 23.0 Å². The van der Waals surface area contributed by atoms with Crippen molar-refractivity contribution < 1.29 is 18.1 Å². The molecule has 0 unspecified atom stereocenters. The van der Waals surface area contributed by atoms with Crippen molar-refractivity contribution in [2.45, 2.75) is 13.0 Å². The molecule has 0 radical (unpaired) electrons. The van der Waals surface area contributed by atoms with Gasteiger partial charge in [-0.1, -0.05) is 17.3 Å². The molecule has 0 spiro atoms. The van der Waals surface area contributed by atoms with Crippen LogP contribution in [0.3, 0.4) is 0 Å². The number of hydrogen-bond donors (Lipinski definition) is 0. The minimum atomic E-state index is -2.84. The van der Waals surface area contributed by atoms with Crippen molar-refractivity contribution in [3.63, 3.8) is 0 Å². The summed E-state index contributed by atoms with van der Waals surface area (Å²) in [6.45, 7) is 0.286. The largest absolute Gasteiger partial charge is 0.415 e. The quantitative estimate of drug-likeness (QED) is 0.357. The average molecular weight is 399 g/mol. The van der Waals surface area contributed by atoms with E-state index >= 15 is 0 Å². The fraction of sp³-hybridized carbons (Fsp3) is 0.118. The van der Waals surface area contributed by atoms with Crippen LogP contribution in [-0.2, 0) is 6.54 Å². The summed E-state index contributed by atoms with van der Waals surface area (Å²) in [4.78, 5) is 14.7. The molecule has 0 saturated carbocycles. The third-order valence-corrected chi connectivity index (χ3v) is 3.91. The van der Waals surface area contributed by atoms with E-state index in [0.29, 0.717) is 22.5 Å². The lowest BCUT2D eigenvalue weighted by atomic mass is 10.1. The Morgan fingerprint density at radius 3 is 2.69 bits per heavy atom. The number of nitrogens with zero attached hydrogens (tertiary/aromatic N) is 7. The highest BCUT2D eigenvalue weighted by Crippen LogP contribution is 2.23. The fourth-order valence-corrected chi connectivity index (χ4v) is 2.54. The number of aromatic nitrogens is 6. The molecule has 4 aromatic rings. The van der Waals surface area contributed by atoms with Crippen LogP contribution in [0, 0.1) is 10.1 Å². The van der Waals surface area contributed by atoms with Gasteiger partial charge in [-0.15, -0.1) is 15.3 Å². The Hall–Kier alpha value is -4.09. The average Bonchev–Trinajstić information content (AvgIpc) is 3.39. The third kappa shape index (κ3) is 3.95. The monoisotopic (exact) mass is 399 g/mol. The SMILES string of the molecule is O=[N+]([O-])c1cccc(-c2cn(Cc3ccc(-c4nnc(C(F)F)o4)cn3)nn2)c1. The van der Waals surface area contributed by atoms with E-state index in [1.54, 1.807) is 30.5 Å². The smallest absolute Gasteiger partial charge is 0.314 e. The lowest BCUT2D eigenvalue weighted by Crippen LogP contribution is -2.02. The van der Waals surface area contributed by atoms with Crippen LogP contribution in [0.4, 0.5) is 14.5 Å². The van der Waals surface area contributed by atoms with Crippen LogP contribution in [0.25, 0.3) is 22.7 Å². The Kier molecular flexibility index (Phi) is 4.73. The second kappa shape index (κ2) is 7.50. The number of rotatable bonds is 6. The highest BCUT2D eigenvalue weighted by Gasteiger charge is 2.17. The molecule has 29 heavy (non-hydrogen) atoms. The molecular formula is C17H11F2N7O3. The molecule has 146 valence electrons. The maximum atomic E-state index is 12.5. The van der Waals surface area contributed by atoms with Crippen molar-refractivity contribution in [2.75, 3.05) is 0 Å². The van der Waals surface area contributed by atoms with Crippen LogP contribution >= 0.6 is 0 Å². The molecule has 0 bridgehead atoms. The number of pyridine rings is 1. The predicted octanol–water partition coefficient (Wildman–Crippen LogP) is 3.28. The predicted molar refractivity (Wildman–Crippen MR) is 93.7 cm³/mol. The summed E-state index contributed by atoms with van der Waals surface area (Å²) in [5.74, 6) is -0.798. The number of halogens is 2. The molecule has 3 heterocycles. The molecule has 0 saturated heterocycles. The first-order valence-electron chi connectivity index (χ1n) is 8.21. The van der Waals surface area contributed by atoms with Crippen LogP contribution in [0.5, 0.6) is 0 Å². The molecule has 0 atom stereocenters. The first-order valence-corrected chi connectivity index (χ1v) is 8.21. The van der Waals surface area contributed by atoms with Gasteiger partial charge in [0.25, 0.3) is 11.6 Å². The van der Waals surface area contributed by atoms with Crippen molar-refractivity contribution in [1.82, 2.24) is 30.2 Å². The molecule has 3 aromatic heterocycles. The maximum absolute atomic E-state index is 12.5. The van der Waals surface area contributed by atoms with Crippen LogP contribution in [0.1, 0.15) is 18.0 Å². The zero-order valence-electron chi connectivity index (χ0n) is 14.5. The Morgan fingerprint density at radius 1 is 1.14 bits per heavy atom. The molecule has 0 amide bonds. The highest BCUT2D eigenvalue weighted by molar-refractivity contribution is 5.61. The summed E-state index contributed by atoms with van der Waals surface area (Å²) in [7, 11) is 0. The summed E-state index contributed by atoms with van der Waals surface area (Å²) < 4.78 is 31.5. The van der Waals surface area contributed by atoms with Gasteiger partial charge in [0.1, 0.15) is 5.69 Å². The lowest BCUT2D eigenvalue weighted by molar-refractivity contribution is -0.384. The highest BCUT2D eigenvalue weighted by atomic mass is 19.3. The van der Waals surface area contributed by atoms with Gasteiger partial charge in [-0.25, -0.2) is 4.68 Å². The van der Waals surface area contributed by atoms with E-state index in [0.717, 1.165) is 0 Å². The number of hydrogen-bond acceptors (Lipinski definition) is 8. The van der Waals surface area contributed by atoms with Gasteiger partial charge in [0.15, 0.2) is 0 Å². The molecule has 0 aliphatic heterocycles. The Morgan fingerprint density at radius 2 is 2.00 bits per heavy atom. The van der Waals surface area contributed by atoms with E-state index in [-0.39, 0.29) is 18.1 Å². The van der Waals surface area contributed by atoms with Gasteiger partial charge in [-0.3, -0.25) is 15.1 Å². The second-order valence-electron chi connectivity index (χ2n) is 5.89. The molecule has 10 nitrogen and oxygen atoms in total. The summed E-state index contributed by atoms with van der Waals surface area (Å²) in [5.41, 5.74) is 2.04. The zero-order valence-corrected chi connectivity index (χ0v) is 14.5. The summed E-state index contributed by atoms with van der Waals surface area (Å²) in [5, 5.41) is 25.8. The Bertz CT molecular complexity index is 1160. The van der Waals surface area contributed by atoms with Crippen molar-refractivity contribution in [2.24, 2.45) is 0 Å². The van der Waals surface area contributed by atoms with Crippen molar-refractivity contribution in [3.05, 3.63) is 70.5 Å². The number of non-ortho nitro benzene ring substituents is 1. The molecule has 0 aliphatic rings. The van der Waals surface area contributed by atoms with Gasteiger partial charge in [-0.05, 0) is 12.1 Å². The third-order valence-electron chi connectivity index (χ3n) is 3.91. The van der Waals surface area contributed by atoms with E-state index in [4.69, 9.17) is 4.42 Å². The number of nitro benzene ring substituents is 1. The molecule has 0 fully saturated rings. The summed E-state index contributed by atoms with van der Waals surface area (Å²) in [6, 6.07) is 9.36. The first kappa shape index (κ1) is 18.3. The lowest BCUT2D eigenvalue weighted by Gasteiger charge is -2.01. The van der Waals surface area contributed by atoms with E-state index < -0.39 is 17.2 Å². The molecule has 1 aromatic carbocycles. The van der Waals surface area contributed by atoms with Crippen LogP contribution in [-0.4, -0.2) is 35.1 Å². The summed E-state index contributed by atoms with van der Waals surface area (Å²) >= 11 is 0. The summed E-state index contributed by atoms with van der Waals surface area (Å²) in [6.07, 6.45) is 0.231. The minimum absolute atomic E-state index is 0.0367. The number of alkyl halides is 2. The second-order valence-corrected chi connectivity index (χ2v) is 5.89. The van der Waals surface area contributed by atoms with Crippen molar-refractivity contribution in [3.8, 4) is 22.7 Å². The standard InChI is InChI=1S/C17H11F2N7O3/c18-15(19)17-23-22-16(29-17)11-4-5-12(20-7-11)8-25-9-14(21-24-25)10-2-1-3-13(6-10)26(27)28/h1-7,9,15H,8H2. The molecule has 0 aliphatic carbocycles. The molecule has 0 N–H and O–H groups in total. The van der Waals surface area contributed by atoms with Gasteiger partial charge in [0, 0.05) is 23.9 Å². The van der Waals surface area contributed by atoms with E-state index in [9.17, 15) is 18.9 Å². The first-order chi connectivity index (χ1) is 14.0. The zero-order chi connectivity index (χ0) is 20.4. The maximum Gasteiger partial charge on any atom is 0.314 e. The van der Waals surface area contributed by atoms with Crippen molar-refractivity contribution in [1.29, 1.82) is 0 Å².